The molecule has 2 heterocycles. The number of methoxy groups -OCH3 is 1. The number of cyclic esters (lactones) is 1. The van der Waals surface area contributed by atoms with E-state index in [0.717, 1.165) is 17.6 Å². The van der Waals surface area contributed by atoms with Crippen molar-refractivity contribution in [3.63, 3.8) is 0 Å². The molecule has 0 aliphatic carbocycles. The van der Waals surface area contributed by atoms with Crippen LogP contribution in [0.2, 0.25) is 0 Å². The molecule has 0 radical (unpaired) electrons. The fraction of sp³-hybridized carbons (Fsp3) is 0.474. The molecule has 1 unspecified atom stereocenters. The number of hydrogen-bond acceptors (Lipinski definition) is 6. The number of esters is 1. The van der Waals surface area contributed by atoms with Gasteiger partial charge < -0.3 is 24.6 Å². The fourth-order valence-electron chi connectivity index (χ4n) is 5.74. The summed E-state index contributed by atoms with van der Waals surface area (Å²) in [5.74, 6) is -0.358. The van der Waals surface area contributed by atoms with E-state index in [-0.39, 0.29) is 35.9 Å². The number of nitrogens with one attached hydrogen (secondary N) is 1. The smallest absolute Gasteiger partial charge is 0.331 e. The standard InChI is InChI=1S/C38H51NO6/c1-8-14-34-29(5)33(40)25-35(45-34)32(39-37(42)38(6,43-7)30-16-10-9-11-17-30)19-12-15-26(2)23-28(4)24-27(3)21-22-31-18-13-20-36(41)44-31/h8-17,19-22,24,28-29,31-35,40H,18,23,25H2,1-7H3,(H,39,42)/b14-8+,19-12+,22-21+,26-15+,27-24-/t28-,29+,31-,32-,33-,34+,35+,38?/m1/s1. The van der Waals surface area contributed by atoms with Gasteiger partial charge in [0.05, 0.1) is 24.4 Å². The third kappa shape index (κ3) is 10.5. The van der Waals surface area contributed by atoms with Gasteiger partial charge in [0.25, 0.3) is 5.91 Å². The van der Waals surface area contributed by atoms with Crippen molar-refractivity contribution in [3.8, 4) is 0 Å². The van der Waals surface area contributed by atoms with Gasteiger partial charge in [-0.3, -0.25) is 4.79 Å². The Morgan fingerprint density at radius 1 is 1.22 bits per heavy atom. The van der Waals surface area contributed by atoms with Gasteiger partial charge in [-0.1, -0.05) is 104 Å². The average molecular weight is 618 g/mol. The third-order valence-electron chi connectivity index (χ3n) is 8.53. The van der Waals surface area contributed by atoms with Crippen LogP contribution in [0.25, 0.3) is 0 Å². The Kier molecular flexibility index (Phi) is 13.8. The molecule has 244 valence electrons. The Labute approximate surface area is 269 Å². The summed E-state index contributed by atoms with van der Waals surface area (Å²) in [7, 11) is 1.53. The van der Waals surface area contributed by atoms with Gasteiger partial charge in [0, 0.05) is 31.9 Å². The van der Waals surface area contributed by atoms with Crippen LogP contribution in [-0.2, 0) is 29.4 Å². The van der Waals surface area contributed by atoms with Crippen molar-refractivity contribution >= 4 is 11.9 Å². The molecule has 0 saturated carbocycles. The van der Waals surface area contributed by atoms with Gasteiger partial charge in [0.1, 0.15) is 6.10 Å². The highest BCUT2D eigenvalue weighted by molar-refractivity contribution is 5.86. The van der Waals surface area contributed by atoms with Crippen LogP contribution < -0.4 is 5.32 Å². The summed E-state index contributed by atoms with van der Waals surface area (Å²) in [6.07, 6.45) is 19.7. The van der Waals surface area contributed by atoms with Crippen LogP contribution >= 0.6 is 0 Å². The van der Waals surface area contributed by atoms with Crippen molar-refractivity contribution < 1.29 is 28.9 Å². The normalized spacial score (nSPS) is 27.5. The lowest BCUT2D eigenvalue weighted by molar-refractivity contribution is -0.148. The van der Waals surface area contributed by atoms with Crippen LogP contribution in [0.4, 0.5) is 0 Å². The molecule has 2 aliphatic rings. The minimum atomic E-state index is -1.20. The Morgan fingerprint density at radius 2 is 1.96 bits per heavy atom. The lowest BCUT2D eigenvalue weighted by Crippen LogP contribution is -2.55. The van der Waals surface area contributed by atoms with E-state index in [9.17, 15) is 14.7 Å². The Bertz CT molecular complexity index is 1310. The molecule has 7 nitrogen and oxygen atoms in total. The number of allylic oxidation sites excluding steroid dienone is 7. The first-order chi connectivity index (χ1) is 21.5. The van der Waals surface area contributed by atoms with Crippen LogP contribution in [0.1, 0.15) is 66.4 Å². The molecule has 1 aromatic carbocycles. The molecule has 1 saturated heterocycles. The maximum atomic E-state index is 13.8. The van der Waals surface area contributed by atoms with E-state index in [1.54, 1.807) is 6.92 Å². The monoisotopic (exact) mass is 617 g/mol. The summed E-state index contributed by atoms with van der Waals surface area (Å²) in [5.41, 5.74) is 1.83. The first kappa shape index (κ1) is 36.0. The van der Waals surface area contributed by atoms with E-state index < -0.39 is 23.9 Å². The summed E-state index contributed by atoms with van der Waals surface area (Å²) in [6.45, 7) is 12.0. The maximum Gasteiger partial charge on any atom is 0.331 e. The fourth-order valence-corrected chi connectivity index (χ4v) is 5.74. The van der Waals surface area contributed by atoms with Gasteiger partial charge in [-0.15, -0.1) is 0 Å². The summed E-state index contributed by atoms with van der Waals surface area (Å²) < 4.78 is 17.5. The molecule has 1 aromatic rings. The average Bonchev–Trinajstić information content (AvgIpc) is 3.01. The van der Waals surface area contributed by atoms with E-state index in [1.807, 2.05) is 93.6 Å². The van der Waals surface area contributed by atoms with Crippen molar-refractivity contribution in [3.05, 3.63) is 108 Å². The second kappa shape index (κ2) is 17.2. The summed E-state index contributed by atoms with van der Waals surface area (Å²) >= 11 is 0. The Balaban J connectivity index is 1.75. The molecule has 1 fully saturated rings. The minimum Gasteiger partial charge on any atom is -0.455 e. The van der Waals surface area contributed by atoms with Gasteiger partial charge in [-0.05, 0) is 51.7 Å². The van der Waals surface area contributed by atoms with E-state index in [1.165, 1.54) is 18.8 Å². The number of rotatable bonds is 13. The van der Waals surface area contributed by atoms with Crippen molar-refractivity contribution in [2.45, 2.75) is 96.9 Å². The predicted molar refractivity (Wildman–Crippen MR) is 179 cm³/mol. The zero-order valence-corrected chi connectivity index (χ0v) is 27.8. The first-order valence-corrected chi connectivity index (χ1v) is 15.9. The van der Waals surface area contributed by atoms with Gasteiger partial charge in [0.15, 0.2) is 5.60 Å². The number of carbonyl (C=O) groups is 2. The van der Waals surface area contributed by atoms with Crippen molar-refractivity contribution in [1.82, 2.24) is 5.32 Å². The lowest BCUT2D eigenvalue weighted by atomic mass is 9.87. The van der Waals surface area contributed by atoms with Crippen LogP contribution in [0.15, 0.2) is 102 Å². The molecule has 0 spiro atoms. The summed E-state index contributed by atoms with van der Waals surface area (Å²) in [4.78, 5) is 25.2. The van der Waals surface area contributed by atoms with E-state index in [2.05, 4.69) is 31.3 Å². The molecule has 2 aliphatic heterocycles. The zero-order valence-electron chi connectivity index (χ0n) is 27.8. The number of ether oxygens (including phenoxy) is 3. The zero-order chi connectivity index (χ0) is 33.0. The number of benzene rings is 1. The van der Waals surface area contributed by atoms with Gasteiger partial charge in [-0.25, -0.2) is 4.79 Å². The van der Waals surface area contributed by atoms with Crippen LogP contribution in [0, 0.1) is 11.8 Å². The molecular weight excluding hydrogens is 566 g/mol. The number of hydrogen-bond donors (Lipinski definition) is 2. The van der Waals surface area contributed by atoms with E-state index >= 15 is 0 Å². The highest BCUT2D eigenvalue weighted by Crippen LogP contribution is 2.30. The molecule has 0 aromatic heterocycles. The number of aliphatic hydroxyl groups excluding tert-OH is 1. The molecule has 2 N–H and O–H groups in total. The van der Waals surface area contributed by atoms with Gasteiger partial charge in [0.2, 0.25) is 0 Å². The first-order valence-electron chi connectivity index (χ1n) is 15.9. The Hall–Kier alpha value is -3.52. The molecule has 0 bridgehead atoms. The molecule has 45 heavy (non-hydrogen) atoms. The molecule has 1 amide bonds. The molecule has 7 heteroatoms. The molecular formula is C38H51NO6. The number of aliphatic hydroxyl groups is 1. The minimum absolute atomic E-state index is 0.0594. The van der Waals surface area contributed by atoms with Crippen molar-refractivity contribution in [2.75, 3.05) is 7.11 Å². The van der Waals surface area contributed by atoms with Crippen molar-refractivity contribution in [2.24, 2.45) is 11.8 Å². The van der Waals surface area contributed by atoms with Gasteiger partial charge in [-0.2, -0.15) is 0 Å². The van der Waals surface area contributed by atoms with Gasteiger partial charge >= 0.3 is 5.97 Å². The summed E-state index contributed by atoms with van der Waals surface area (Å²) in [5, 5.41) is 14.1. The van der Waals surface area contributed by atoms with Crippen LogP contribution in [-0.4, -0.2) is 54.6 Å². The quantitative estimate of drug-likeness (QED) is 0.146. The van der Waals surface area contributed by atoms with E-state index in [4.69, 9.17) is 14.2 Å². The second-order valence-corrected chi connectivity index (χ2v) is 12.4. The molecule has 3 rings (SSSR count). The number of carbonyl (C=O) groups excluding carboxylic acids is 2. The number of amides is 1. The maximum absolute atomic E-state index is 13.8. The van der Waals surface area contributed by atoms with Crippen LogP contribution in [0.5, 0.6) is 0 Å². The highest BCUT2D eigenvalue weighted by Gasteiger charge is 2.40. The van der Waals surface area contributed by atoms with Crippen LogP contribution in [0.3, 0.4) is 0 Å². The highest BCUT2D eigenvalue weighted by atomic mass is 16.5. The van der Waals surface area contributed by atoms with Crippen molar-refractivity contribution in [1.29, 1.82) is 0 Å². The predicted octanol–water partition coefficient (Wildman–Crippen LogP) is 6.67. The lowest BCUT2D eigenvalue weighted by Gasteiger charge is -2.40. The largest absolute Gasteiger partial charge is 0.455 e. The topological polar surface area (TPSA) is 94.1 Å². The molecule has 8 atom stereocenters. The third-order valence-corrected chi connectivity index (χ3v) is 8.53. The van der Waals surface area contributed by atoms with E-state index in [0.29, 0.717) is 12.8 Å². The summed E-state index contributed by atoms with van der Waals surface area (Å²) in [6, 6.07) is 8.92. The second-order valence-electron chi connectivity index (χ2n) is 12.4. The SMILES string of the molecule is C/C=C/[C@@H]1O[C@H]([C@@H](/C=C/C=C(\C)C[C@@H](C)/C=C(C)\C=C\[C@H]2CC=CC(=O)O2)NC(=O)C(C)(OC)c2ccccc2)C[C@@H](O)[C@@H]1C. The Morgan fingerprint density at radius 3 is 2.62 bits per heavy atom.